The van der Waals surface area contributed by atoms with E-state index in [1.807, 2.05) is 0 Å². The average molecular weight is 529 g/mol. The van der Waals surface area contributed by atoms with Crippen molar-refractivity contribution in [1.82, 2.24) is 0 Å². The molecular weight excluding hydrogens is 484 g/mol. The van der Waals surface area contributed by atoms with Crippen molar-refractivity contribution in [3.05, 3.63) is 82.4 Å². The third-order valence-corrected chi connectivity index (χ3v) is 7.16. The molecule has 3 rings (SSSR count). The molecule has 0 bridgehead atoms. The quantitative estimate of drug-likeness (QED) is 0.233. The Morgan fingerprint density at radius 2 is 1.18 bits per heavy atom. The van der Waals surface area contributed by atoms with Gasteiger partial charge in [-0.25, -0.2) is 0 Å². The van der Waals surface area contributed by atoms with Gasteiger partial charge in [0.15, 0.2) is 0 Å². The fourth-order valence-electron chi connectivity index (χ4n) is 5.32. The van der Waals surface area contributed by atoms with Crippen LogP contribution in [-0.2, 0) is 35.3 Å². The molecule has 39 heavy (non-hydrogen) atoms. The summed E-state index contributed by atoms with van der Waals surface area (Å²) in [6, 6.07) is 19.7. The Labute approximate surface area is 234 Å². The Morgan fingerprint density at radius 1 is 0.615 bits per heavy atom. The van der Waals surface area contributed by atoms with Crippen LogP contribution in [0.5, 0.6) is 0 Å². The Kier molecular flexibility index (Phi) is 10.5. The van der Waals surface area contributed by atoms with Gasteiger partial charge in [0.2, 0.25) is 0 Å². The van der Waals surface area contributed by atoms with E-state index in [-0.39, 0.29) is 12.8 Å². The highest BCUT2D eigenvalue weighted by Crippen LogP contribution is 2.36. The number of aryl methyl sites for hydroxylation is 2. The van der Waals surface area contributed by atoms with Gasteiger partial charge in [0.1, 0.15) is 0 Å². The van der Waals surface area contributed by atoms with Crippen LogP contribution < -0.4 is 0 Å². The van der Waals surface area contributed by atoms with E-state index in [4.69, 9.17) is 5.11 Å². The fourth-order valence-corrected chi connectivity index (χ4v) is 5.32. The zero-order valence-electron chi connectivity index (χ0n) is 24.4. The van der Waals surface area contributed by atoms with Crippen LogP contribution >= 0.6 is 0 Å². The summed E-state index contributed by atoms with van der Waals surface area (Å²) in [5, 5.41) is 18.3. The van der Waals surface area contributed by atoms with Gasteiger partial charge in [0, 0.05) is 12.8 Å². The largest absolute Gasteiger partial charge is 0.481 e. The third kappa shape index (κ3) is 8.54. The topological polar surface area (TPSA) is 74.6 Å². The van der Waals surface area contributed by atoms with Crippen LogP contribution in [0.15, 0.2) is 54.6 Å². The second-order valence-electron chi connectivity index (χ2n) is 11.9. The monoisotopic (exact) mass is 528 g/mol. The maximum absolute atomic E-state index is 11.2. The highest BCUT2D eigenvalue weighted by atomic mass is 16.4. The van der Waals surface area contributed by atoms with Crippen LogP contribution in [0.3, 0.4) is 0 Å². The van der Waals surface area contributed by atoms with Crippen LogP contribution in [0.1, 0.15) is 88.1 Å². The molecule has 0 aliphatic carbocycles. The maximum Gasteiger partial charge on any atom is 0.303 e. The number of hydrogen-bond donors (Lipinski definition) is 2. The molecular formula is C35H44O4. The van der Waals surface area contributed by atoms with Gasteiger partial charge in [-0.15, -0.1) is 0 Å². The summed E-state index contributed by atoms with van der Waals surface area (Å²) in [5.41, 5.74) is 10.8. The zero-order chi connectivity index (χ0) is 28.7. The minimum Gasteiger partial charge on any atom is -0.481 e. The molecule has 3 aromatic carbocycles. The van der Waals surface area contributed by atoms with Crippen molar-refractivity contribution in [2.45, 2.75) is 86.0 Å². The summed E-state index contributed by atoms with van der Waals surface area (Å²) in [6.07, 6.45) is 3.23. The Bertz CT molecular complexity index is 1300. The van der Waals surface area contributed by atoms with E-state index < -0.39 is 11.9 Å². The number of aliphatic carboxylic acids is 2. The van der Waals surface area contributed by atoms with Crippen LogP contribution in [0.4, 0.5) is 0 Å². The standard InChI is InChI=1S/C35H44O4/c1-22(2)17-29-20-27(10-9-26(29)12-16-35(38)39)32-14-11-28(21-33(32)24(5)6)31-13-7-25(8-15-34(36)37)19-30(31)18-23(3)4/h7,9-11,13-14,19-24H,8,12,15-18H2,1-6H3,(H,36,37)(H,38,39). The second-order valence-corrected chi connectivity index (χ2v) is 11.9. The number of carbonyl (C=O) groups is 2. The lowest BCUT2D eigenvalue weighted by atomic mass is 9.85. The van der Waals surface area contributed by atoms with Crippen molar-refractivity contribution >= 4 is 11.9 Å². The third-order valence-electron chi connectivity index (χ3n) is 7.16. The highest BCUT2D eigenvalue weighted by Gasteiger charge is 2.16. The summed E-state index contributed by atoms with van der Waals surface area (Å²) in [7, 11) is 0. The van der Waals surface area contributed by atoms with Gasteiger partial charge >= 0.3 is 11.9 Å². The first kappa shape index (κ1) is 30.1. The van der Waals surface area contributed by atoms with Gasteiger partial charge < -0.3 is 10.2 Å². The van der Waals surface area contributed by atoms with Gasteiger partial charge in [0.25, 0.3) is 0 Å². The van der Waals surface area contributed by atoms with Crippen LogP contribution in [0.2, 0.25) is 0 Å². The molecule has 0 amide bonds. The molecule has 0 spiro atoms. The van der Waals surface area contributed by atoms with Crippen molar-refractivity contribution in [2.24, 2.45) is 11.8 Å². The molecule has 0 saturated carbocycles. The highest BCUT2D eigenvalue weighted by molar-refractivity contribution is 5.77. The Morgan fingerprint density at radius 3 is 1.79 bits per heavy atom. The van der Waals surface area contributed by atoms with Crippen molar-refractivity contribution < 1.29 is 19.8 Å². The summed E-state index contributed by atoms with van der Waals surface area (Å²) < 4.78 is 0. The van der Waals surface area contributed by atoms with Crippen molar-refractivity contribution in [1.29, 1.82) is 0 Å². The molecule has 0 heterocycles. The minimum absolute atomic E-state index is 0.139. The van der Waals surface area contributed by atoms with Crippen LogP contribution in [0, 0.1) is 11.8 Å². The molecule has 0 aliphatic heterocycles. The van der Waals surface area contributed by atoms with Gasteiger partial charge in [-0.2, -0.15) is 0 Å². The lowest BCUT2D eigenvalue weighted by Crippen LogP contribution is -2.04. The molecule has 2 N–H and O–H groups in total. The first-order chi connectivity index (χ1) is 18.4. The van der Waals surface area contributed by atoms with E-state index in [2.05, 4.69) is 96.1 Å². The molecule has 4 nitrogen and oxygen atoms in total. The first-order valence-electron chi connectivity index (χ1n) is 14.3. The number of rotatable bonds is 13. The SMILES string of the molecule is CC(C)Cc1cc(-c2ccc(-c3ccc(CCC(=O)O)cc3CC(C)C)cc2C(C)C)ccc1CCC(=O)O. The van der Waals surface area contributed by atoms with Gasteiger partial charge in [-0.05, 0) is 93.5 Å². The lowest BCUT2D eigenvalue weighted by molar-refractivity contribution is -0.138. The van der Waals surface area contributed by atoms with E-state index in [1.165, 1.54) is 38.9 Å². The van der Waals surface area contributed by atoms with E-state index in [0.717, 1.165) is 24.0 Å². The number of benzene rings is 3. The molecule has 0 atom stereocenters. The average Bonchev–Trinajstić information content (AvgIpc) is 2.85. The zero-order valence-corrected chi connectivity index (χ0v) is 24.4. The predicted molar refractivity (Wildman–Crippen MR) is 160 cm³/mol. The lowest BCUT2D eigenvalue weighted by Gasteiger charge is -2.20. The van der Waals surface area contributed by atoms with E-state index in [1.54, 1.807) is 0 Å². The van der Waals surface area contributed by atoms with Crippen LogP contribution in [-0.4, -0.2) is 22.2 Å². The predicted octanol–water partition coefficient (Wildman–Crippen LogP) is 8.58. The molecule has 3 aromatic rings. The normalized spacial score (nSPS) is 11.5. The van der Waals surface area contributed by atoms with Crippen LogP contribution in [0.25, 0.3) is 22.3 Å². The fraction of sp³-hybridized carbons (Fsp3) is 0.429. The minimum atomic E-state index is -0.770. The molecule has 0 fully saturated rings. The molecule has 0 aliphatic rings. The Balaban J connectivity index is 2.06. The number of carboxylic acids is 2. The smallest absolute Gasteiger partial charge is 0.303 e. The van der Waals surface area contributed by atoms with E-state index in [0.29, 0.717) is 30.6 Å². The van der Waals surface area contributed by atoms with E-state index in [9.17, 15) is 14.7 Å². The molecule has 0 aromatic heterocycles. The second kappa shape index (κ2) is 13.6. The molecule has 0 unspecified atom stereocenters. The Hall–Kier alpha value is -3.40. The van der Waals surface area contributed by atoms with Gasteiger partial charge in [0.05, 0.1) is 0 Å². The number of carboxylic acid groups (broad SMARTS) is 2. The van der Waals surface area contributed by atoms with E-state index >= 15 is 0 Å². The molecule has 0 saturated heterocycles. The van der Waals surface area contributed by atoms with Gasteiger partial charge in [-0.1, -0.05) is 96.1 Å². The van der Waals surface area contributed by atoms with Crippen molar-refractivity contribution in [3.63, 3.8) is 0 Å². The summed E-state index contributed by atoms with van der Waals surface area (Å²) in [6.45, 7) is 13.3. The first-order valence-corrected chi connectivity index (χ1v) is 14.3. The summed E-state index contributed by atoms with van der Waals surface area (Å²) in [4.78, 5) is 22.3. The van der Waals surface area contributed by atoms with Crippen molar-refractivity contribution in [3.8, 4) is 22.3 Å². The molecule has 0 radical (unpaired) electrons. The number of hydrogen-bond acceptors (Lipinski definition) is 2. The van der Waals surface area contributed by atoms with Gasteiger partial charge in [-0.3, -0.25) is 9.59 Å². The summed E-state index contributed by atoms with van der Waals surface area (Å²) in [5.74, 6) is -0.245. The maximum atomic E-state index is 11.2. The molecule has 208 valence electrons. The molecule has 4 heteroatoms. The summed E-state index contributed by atoms with van der Waals surface area (Å²) >= 11 is 0. The van der Waals surface area contributed by atoms with Crippen molar-refractivity contribution in [2.75, 3.05) is 0 Å².